The Bertz CT molecular complexity index is 1250. The third kappa shape index (κ3) is 6.50. The molecule has 1 aromatic heterocycles. The van der Waals surface area contributed by atoms with E-state index in [1.54, 1.807) is 24.3 Å². The molecule has 0 atom stereocenters. The van der Waals surface area contributed by atoms with E-state index in [0.29, 0.717) is 22.7 Å². The Morgan fingerprint density at radius 3 is 2.29 bits per heavy atom. The Hall–Kier alpha value is -4.55. The first-order valence-corrected chi connectivity index (χ1v) is 10.0. The number of carboxylic acids is 1. The van der Waals surface area contributed by atoms with Crippen LogP contribution in [0.25, 0.3) is 0 Å². The molecule has 0 spiro atoms. The van der Waals surface area contributed by atoms with E-state index in [9.17, 15) is 23.1 Å². The van der Waals surface area contributed by atoms with Gasteiger partial charge in [0.25, 0.3) is 0 Å². The number of hydrogen-bond acceptors (Lipinski definition) is 9. The summed E-state index contributed by atoms with van der Waals surface area (Å²) in [6.45, 7) is 2.38. The van der Waals surface area contributed by atoms with Crippen LogP contribution in [-0.2, 0) is 0 Å². The zero-order valence-electron chi connectivity index (χ0n) is 17.9. The van der Waals surface area contributed by atoms with Crippen molar-refractivity contribution in [1.82, 2.24) is 15.0 Å². The number of hydrogen-bond donors (Lipinski definition) is 3. The quantitative estimate of drug-likeness (QED) is 0.458. The molecule has 182 valence electrons. The van der Waals surface area contributed by atoms with Crippen LogP contribution in [-0.4, -0.2) is 52.0 Å². The molecule has 2 aliphatic heterocycles. The Balaban J connectivity index is 1.73. The molecule has 10 nitrogen and oxygen atoms in total. The fourth-order valence-electron chi connectivity index (χ4n) is 2.87. The second-order valence-electron chi connectivity index (χ2n) is 7.29. The highest BCUT2D eigenvalue weighted by atomic mass is 19.4. The van der Waals surface area contributed by atoms with Crippen molar-refractivity contribution in [2.45, 2.75) is 6.18 Å². The van der Waals surface area contributed by atoms with Gasteiger partial charge < -0.3 is 30.0 Å². The molecule has 0 aliphatic carbocycles. The normalized spacial score (nSPS) is 13.5. The van der Waals surface area contributed by atoms with E-state index in [1.807, 2.05) is 0 Å². The van der Waals surface area contributed by atoms with E-state index in [2.05, 4.69) is 32.2 Å². The predicted octanol–water partition coefficient (Wildman–Crippen LogP) is 4.33. The van der Waals surface area contributed by atoms with Gasteiger partial charge in [-0.2, -0.15) is 28.1 Å². The summed E-state index contributed by atoms with van der Waals surface area (Å²) in [5.41, 5.74) is 1.27. The van der Waals surface area contributed by atoms with Gasteiger partial charge in [0.15, 0.2) is 6.61 Å². The SMILES string of the molecule is C=C1COc2ccc(cc2)Nc2nc(nc(OCC(F)(F)F)n2)Nc2ccc(C(=O)O)c(c2)OC1. The number of aromatic carboxylic acids is 1. The summed E-state index contributed by atoms with van der Waals surface area (Å²) in [4.78, 5) is 23.5. The van der Waals surface area contributed by atoms with Crippen LogP contribution < -0.4 is 24.8 Å². The molecule has 5 rings (SSSR count). The van der Waals surface area contributed by atoms with Crippen LogP contribution in [0.15, 0.2) is 54.6 Å². The molecule has 3 aromatic rings. The van der Waals surface area contributed by atoms with Crippen LogP contribution in [0.5, 0.6) is 17.5 Å². The molecular weight excluding hydrogens is 471 g/mol. The first kappa shape index (κ1) is 23.6. The molecular formula is C22H18F3N5O5. The number of carboxylic acid groups (broad SMARTS) is 1. The highest BCUT2D eigenvalue weighted by Crippen LogP contribution is 2.28. The van der Waals surface area contributed by atoms with E-state index in [4.69, 9.17) is 14.2 Å². The highest BCUT2D eigenvalue weighted by Gasteiger charge is 2.29. The Morgan fingerprint density at radius 1 is 1.00 bits per heavy atom. The summed E-state index contributed by atoms with van der Waals surface area (Å²) in [6.07, 6.45) is -4.60. The second-order valence-corrected chi connectivity index (χ2v) is 7.29. The van der Waals surface area contributed by atoms with E-state index in [0.717, 1.165) is 0 Å². The molecule has 0 unspecified atom stereocenters. The van der Waals surface area contributed by atoms with Gasteiger partial charge in [0.2, 0.25) is 11.9 Å². The smallest absolute Gasteiger partial charge is 0.422 e. The molecule has 35 heavy (non-hydrogen) atoms. The Labute approximate surface area is 196 Å². The zero-order chi connectivity index (χ0) is 25.0. The highest BCUT2D eigenvalue weighted by molar-refractivity contribution is 5.91. The van der Waals surface area contributed by atoms with Crippen molar-refractivity contribution in [2.75, 3.05) is 30.5 Å². The number of anilines is 4. The molecule has 0 saturated heterocycles. The molecule has 0 saturated carbocycles. The Kier molecular flexibility index (Phi) is 6.57. The number of ether oxygens (including phenoxy) is 3. The lowest BCUT2D eigenvalue weighted by Crippen LogP contribution is -2.20. The van der Waals surface area contributed by atoms with Gasteiger partial charge in [-0.25, -0.2) is 4.79 Å². The minimum Gasteiger partial charge on any atom is -0.489 e. The first-order chi connectivity index (χ1) is 16.6. The molecule has 6 bridgehead atoms. The third-order valence-corrected chi connectivity index (χ3v) is 4.43. The number of aromatic nitrogens is 3. The summed E-state index contributed by atoms with van der Waals surface area (Å²) < 4.78 is 54.0. The minimum atomic E-state index is -4.60. The number of nitrogens with zero attached hydrogens (tertiary/aromatic N) is 3. The number of carbonyl (C=O) groups is 1. The lowest BCUT2D eigenvalue weighted by atomic mass is 10.2. The minimum absolute atomic E-state index is 0.0191. The fourth-order valence-corrected chi connectivity index (χ4v) is 2.87. The molecule has 0 radical (unpaired) electrons. The van der Waals surface area contributed by atoms with E-state index < -0.39 is 24.8 Å². The van der Waals surface area contributed by atoms with Crippen LogP contribution >= 0.6 is 0 Å². The van der Waals surface area contributed by atoms with Crippen LogP contribution in [0, 0.1) is 0 Å². The number of fused-ring (bicyclic) bond motifs is 6. The molecule has 0 fully saturated rings. The summed E-state index contributed by atoms with van der Waals surface area (Å²) in [7, 11) is 0. The molecule has 0 amide bonds. The van der Waals surface area contributed by atoms with Crippen LogP contribution in [0.3, 0.4) is 0 Å². The van der Waals surface area contributed by atoms with Crippen molar-refractivity contribution in [3.63, 3.8) is 0 Å². The monoisotopic (exact) mass is 489 g/mol. The van der Waals surface area contributed by atoms with Gasteiger partial charge in [0, 0.05) is 17.4 Å². The van der Waals surface area contributed by atoms with Crippen molar-refractivity contribution >= 4 is 29.2 Å². The van der Waals surface area contributed by atoms with Crippen molar-refractivity contribution in [1.29, 1.82) is 0 Å². The van der Waals surface area contributed by atoms with Gasteiger partial charge in [0.05, 0.1) is 0 Å². The van der Waals surface area contributed by atoms with Gasteiger partial charge in [-0.1, -0.05) is 6.58 Å². The van der Waals surface area contributed by atoms with Gasteiger partial charge in [-0.3, -0.25) is 0 Å². The van der Waals surface area contributed by atoms with Gasteiger partial charge in [-0.05, 0) is 42.0 Å². The summed E-state index contributed by atoms with van der Waals surface area (Å²) in [5.74, 6) is -0.917. The third-order valence-electron chi connectivity index (χ3n) is 4.43. The first-order valence-electron chi connectivity index (χ1n) is 10.0. The lowest BCUT2D eigenvalue weighted by molar-refractivity contribution is -0.154. The largest absolute Gasteiger partial charge is 0.489 e. The van der Waals surface area contributed by atoms with Crippen molar-refractivity contribution in [3.8, 4) is 17.5 Å². The van der Waals surface area contributed by atoms with Crippen molar-refractivity contribution < 1.29 is 37.3 Å². The van der Waals surface area contributed by atoms with Gasteiger partial charge in [-0.15, -0.1) is 0 Å². The van der Waals surface area contributed by atoms with E-state index in [-0.39, 0.29) is 36.4 Å². The number of halogens is 3. The molecule has 13 heteroatoms. The average molecular weight is 489 g/mol. The average Bonchev–Trinajstić information content (AvgIpc) is 2.80. The molecule has 3 N–H and O–H groups in total. The maximum Gasteiger partial charge on any atom is 0.422 e. The summed E-state index contributed by atoms with van der Waals surface area (Å²) >= 11 is 0. The van der Waals surface area contributed by atoms with Crippen LogP contribution in [0.1, 0.15) is 10.4 Å². The molecule has 3 heterocycles. The maximum absolute atomic E-state index is 12.7. The number of nitrogens with one attached hydrogen (secondary N) is 2. The zero-order valence-corrected chi connectivity index (χ0v) is 17.9. The number of alkyl halides is 3. The van der Waals surface area contributed by atoms with Crippen LogP contribution in [0.4, 0.5) is 36.4 Å². The number of benzene rings is 2. The number of rotatable bonds is 3. The standard InChI is InChI=1S/C22H18F3N5O5/c1-12-9-33-15-5-2-13(3-6-15)26-19-28-20(30-21(29-19)35-11-22(23,24)25)27-14-4-7-16(18(31)32)17(8-14)34-10-12/h2-8H,1,9-11H2,(H,31,32)(H2,26,27,28,29,30). The van der Waals surface area contributed by atoms with E-state index >= 15 is 0 Å². The predicted molar refractivity (Wildman–Crippen MR) is 118 cm³/mol. The van der Waals surface area contributed by atoms with Crippen LogP contribution in [0.2, 0.25) is 0 Å². The van der Waals surface area contributed by atoms with Gasteiger partial charge in [0.1, 0.15) is 30.3 Å². The Morgan fingerprint density at radius 2 is 1.63 bits per heavy atom. The molecule has 2 aliphatic rings. The topological polar surface area (TPSA) is 128 Å². The maximum atomic E-state index is 12.7. The van der Waals surface area contributed by atoms with Gasteiger partial charge >= 0.3 is 18.2 Å². The summed E-state index contributed by atoms with van der Waals surface area (Å²) in [6, 6.07) is 10.2. The van der Waals surface area contributed by atoms with Crippen molar-refractivity contribution in [2.24, 2.45) is 0 Å². The second kappa shape index (κ2) is 9.75. The van der Waals surface area contributed by atoms with Crippen molar-refractivity contribution in [3.05, 3.63) is 60.2 Å². The van der Waals surface area contributed by atoms with E-state index in [1.165, 1.54) is 18.2 Å². The summed E-state index contributed by atoms with van der Waals surface area (Å²) in [5, 5.41) is 15.1. The fraction of sp³-hybridized carbons (Fsp3) is 0.182. The molecule has 2 aromatic carbocycles. The lowest BCUT2D eigenvalue weighted by Gasteiger charge is -2.14.